The summed E-state index contributed by atoms with van der Waals surface area (Å²) in [6, 6.07) is 10.1. The average Bonchev–Trinajstić information content (AvgIpc) is 3.10. The molecule has 0 spiro atoms. The van der Waals surface area contributed by atoms with Gasteiger partial charge in [-0.3, -0.25) is 4.98 Å². The van der Waals surface area contributed by atoms with Gasteiger partial charge in [0.25, 0.3) is 0 Å². The molecule has 0 aliphatic carbocycles. The van der Waals surface area contributed by atoms with Gasteiger partial charge in [0.15, 0.2) is 5.82 Å². The molecular weight excluding hydrogens is 354 g/mol. The first kappa shape index (κ1) is 16.7. The van der Waals surface area contributed by atoms with E-state index < -0.39 is 10.0 Å². The van der Waals surface area contributed by atoms with Crippen LogP contribution in [0.3, 0.4) is 0 Å². The topological polar surface area (TPSA) is 90.2 Å². The van der Waals surface area contributed by atoms with Crippen LogP contribution in [0.25, 0.3) is 11.4 Å². The summed E-state index contributed by atoms with van der Waals surface area (Å²) in [5.41, 5.74) is 0.849. The highest BCUT2D eigenvalue weighted by Gasteiger charge is 2.38. The van der Waals surface area contributed by atoms with Crippen LogP contribution in [0.1, 0.15) is 6.04 Å². The van der Waals surface area contributed by atoms with E-state index >= 15 is 0 Å². The van der Waals surface area contributed by atoms with Crippen molar-refractivity contribution in [3.05, 3.63) is 55.1 Å². The second-order valence-electron chi connectivity index (χ2n) is 5.95. The van der Waals surface area contributed by atoms with Crippen LogP contribution in [-0.2, 0) is 10.0 Å². The summed E-state index contributed by atoms with van der Waals surface area (Å²) in [6.07, 6.45) is 5.03. The van der Waals surface area contributed by atoms with E-state index in [0.717, 1.165) is 5.56 Å². The Kier molecular flexibility index (Phi) is 4.17. The average molecular weight is 371 g/mol. The Hall–Kier alpha value is -2.78. The van der Waals surface area contributed by atoms with Gasteiger partial charge in [-0.1, -0.05) is 0 Å². The molecule has 0 amide bonds. The third kappa shape index (κ3) is 2.85. The molecule has 3 aromatic rings. The minimum absolute atomic E-state index is 0.00627. The van der Waals surface area contributed by atoms with Crippen LogP contribution in [0.5, 0.6) is 5.75 Å². The second kappa shape index (κ2) is 6.50. The van der Waals surface area contributed by atoms with Gasteiger partial charge >= 0.3 is 0 Å². The molecule has 26 heavy (non-hydrogen) atoms. The van der Waals surface area contributed by atoms with Crippen molar-refractivity contribution >= 4 is 10.0 Å². The molecule has 3 heterocycles. The standard InChI is InChI=1S/C17H17N5O3S/c1-25-15-4-6-16(7-5-15)26(23,24)21-10-14(11-21)22-12-19-20-17(22)13-3-2-8-18-9-13/h2-9,12,14H,10-11H2,1H3. The van der Waals surface area contributed by atoms with Gasteiger partial charge in [-0.05, 0) is 36.4 Å². The molecule has 9 heteroatoms. The molecule has 0 saturated carbocycles. The lowest BCUT2D eigenvalue weighted by molar-refractivity contribution is 0.205. The van der Waals surface area contributed by atoms with Gasteiger partial charge < -0.3 is 9.30 Å². The van der Waals surface area contributed by atoms with E-state index in [4.69, 9.17) is 4.74 Å². The number of aromatic nitrogens is 4. The molecular formula is C17H17N5O3S. The minimum atomic E-state index is -3.52. The number of sulfonamides is 1. The van der Waals surface area contributed by atoms with Crippen molar-refractivity contribution in [1.82, 2.24) is 24.1 Å². The van der Waals surface area contributed by atoms with E-state index in [-0.39, 0.29) is 10.9 Å². The smallest absolute Gasteiger partial charge is 0.243 e. The lowest BCUT2D eigenvalue weighted by atomic mass is 10.1. The number of hydrogen-bond acceptors (Lipinski definition) is 6. The molecule has 2 aromatic heterocycles. The zero-order valence-corrected chi connectivity index (χ0v) is 14.9. The van der Waals surface area contributed by atoms with Crippen molar-refractivity contribution in [2.45, 2.75) is 10.9 Å². The van der Waals surface area contributed by atoms with E-state index in [1.165, 1.54) is 4.31 Å². The molecule has 0 unspecified atom stereocenters. The largest absolute Gasteiger partial charge is 0.497 e. The van der Waals surface area contributed by atoms with Crippen LogP contribution in [0.2, 0.25) is 0 Å². The van der Waals surface area contributed by atoms with Crippen molar-refractivity contribution in [2.24, 2.45) is 0 Å². The highest BCUT2D eigenvalue weighted by atomic mass is 32.2. The predicted molar refractivity (Wildman–Crippen MR) is 94.0 cm³/mol. The first-order valence-corrected chi connectivity index (χ1v) is 9.48. The van der Waals surface area contributed by atoms with Gasteiger partial charge in [-0.15, -0.1) is 10.2 Å². The maximum atomic E-state index is 12.7. The third-order valence-electron chi connectivity index (χ3n) is 4.41. The number of hydrogen-bond donors (Lipinski definition) is 0. The number of nitrogens with zero attached hydrogens (tertiary/aromatic N) is 5. The predicted octanol–water partition coefficient (Wildman–Crippen LogP) is 1.59. The lowest BCUT2D eigenvalue weighted by Gasteiger charge is -2.38. The van der Waals surface area contributed by atoms with E-state index in [0.29, 0.717) is 24.7 Å². The van der Waals surface area contributed by atoms with Crippen molar-refractivity contribution in [3.63, 3.8) is 0 Å². The van der Waals surface area contributed by atoms with Crippen LogP contribution >= 0.6 is 0 Å². The maximum Gasteiger partial charge on any atom is 0.243 e. The van der Waals surface area contributed by atoms with Gasteiger partial charge in [0.2, 0.25) is 10.0 Å². The SMILES string of the molecule is COc1ccc(S(=O)(=O)N2CC(n3cnnc3-c3cccnc3)C2)cc1. The van der Waals surface area contributed by atoms with E-state index in [2.05, 4.69) is 15.2 Å². The molecule has 1 fully saturated rings. The summed E-state index contributed by atoms with van der Waals surface area (Å²) < 4.78 is 33.9. The van der Waals surface area contributed by atoms with Crippen LogP contribution in [-0.4, -0.2) is 52.7 Å². The molecule has 134 valence electrons. The van der Waals surface area contributed by atoms with E-state index in [9.17, 15) is 8.42 Å². The quantitative estimate of drug-likeness (QED) is 0.677. The minimum Gasteiger partial charge on any atom is -0.497 e. The van der Waals surface area contributed by atoms with Gasteiger partial charge in [0.1, 0.15) is 12.1 Å². The molecule has 8 nitrogen and oxygen atoms in total. The second-order valence-corrected chi connectivity index (χ2v) is 7.89. The summed E-state index contributed by atoms with van der Waals surface area (Å²) in [7, 11) is -1.97. The van der Waals surface area contributed by atoms with Gasteiger partial charge in [-0.25, -0.2) is 8.42 Å². The van der Waals surface area contributed by atoms with E-state index in [1.807, 2.05) is 16.7 Å². The molecule has 1 aliphatic rings. The molecule has 0 N–H and O–H groups in total. The van der Waals surface area contributed by atoms with Crippen LogP contribution < -0.4 is 4.74 Å². The van der Waals surface area contributed by atoms with Crippen LogP contribution in [0.15, 0.2) is 60.0 Å². The maximum absolute atomic E-state index is 12.7. The van der Waals surface area contributed by atoms with Crippen molar-refractivity contribution in [1.29, 1.82) is 0 Å². The highest BCUT2D eigenvalue weighted by molar-refractivity contribution is 7.89. The fourth-order valence-corrected chi connectivity index (χ4v) is 4.41. The van der Waals surface area contributed by atoms with Gasteiger partial charge in [0.05, 0.1) is 18.0 Å². The number of pyridine rings is 1. The first-order chi connectivity index (χ1) is 12.6. The summed E-state index contributed by atoms with van der Waals surface area (Å²) in [6.45, 7) is 0.749. The first-order valence-electron chi connectivity index (χ1n) is 8.03. The number of methoxy groups -OCH3 is 1. The van der Waals surface area contributed by atoms with Gasteiger partial charge in [0, 0.05) is 31.0 Å². The van der Waals surface area contributed by atoms with Gasteiger partial charge in [-0.2, -0.15) is 4.31 Å². The fourth-order valence-electron chi connectivity index (χ4n) is 2.90. The Morgan fingerprint density at radius 1 is 1.15 bits per heavy atom. The Morgan fingerprint density at radius 2 is 1.92 bits per heavy atom. The van der Waals surface area contributed by atoms with Crippen LogP contribution in [0.4, 0.5) is 0 Å². The summed E-state index contributed by atoms with van der Waals surface area (Å²) >= 11 is 0. The third-order valence-corrected chi connectivity index (χ3v) is 6.26. The van der Waals surface area contributed by atoms with Crippen molar-refractivity contribution < 1.29 is 13.2 Å². The summed E-state index contributed by atoms with van der Waals surface area (Å²) in [4.78, 5) is 4.35. The summed E-state index contributed by atoms with van der Waals surface area (Å²) in [5.74, 6) is 1.31. The normalized spacial score (nSPS) is 15.6. The van der Waals surface area contributed by atoms with Crippen molar-refractivity contribution in [2.75, 3.05) is 20.2 Å². The van der Waals surface area contributed by atoms with Crippen molar-refractivity contribution in [3.8, 4) is 17.1 Å². The molecule has 1 aromatic carbocycles. The Balaban J connectivity index is 1.51. The molecule has 1 aliphatic heterocycles. The Morgan fingerprint density at radius 3 is 2.58 bits per heavy atom. The molecule has 1 saturated heterocycles. The molecule has 4 rings (SSSR count). The molecule has 0 atom stereocenters. The number of ether oxygens (including phenoxy) is 1. The highest BCUT2D eigenvalue weighted by Crippen LogP contribution is 2.31. The fraction of sp³-hybridized carbons (Fsp3) is 0.235. The molecule has 0 bridgehead atoms. The zero-order chi connectivity index (χ0) is 18.1. The molecule has 0 radical (unpaired) electrons. The number of rotatable bonds is 5. The summed E-state index contributed by atoms with van der Waals surface area (Å²) in [5, 5.41) is 8.11. The van der Waals surface area contributed by atoms with E-state index in [1.54, 1.807) is 50.1 Å². The van der Waals surface area contributed by atoms with Crippen LogP contribution in [0, 0.1) is 0 Å². The monoisotopic (exact) mass is 371 g/mol. The lowest BCUT2D eigenvalue weighted by Crippen LogP contribution is -2.50. The zero-order valence-electron chi connectivity index (χ0n) is 14.1. The number of benzene rings is 1. The Bertz CT molecular complexity index is 996. The Labute approximate surface area is 151 Å².